The molecule has 0 saturated carbocycles. The highest BCUT2D eigenvalue weighted by Crippen LogP contribution is 2.25. The van der Waals surface area contributed by atoms with E-state index in [2.05, 4.69) is 39.1 Å². The quantitative estimate of drug-likeness (QED) is 0.386. The van der Waals surface area contributed by atoms with Crippen molar-refractivity contribution in [3.8, 4) is 11.4 Å². The highest BCUT2D eigenvalue weighted by Gasteiger charge is 2.25. The second kappa shape index (κ2) is 9.24. The molecule has 6 heteroatoms. The molecule has 0 bridgehead atoms. The van der Waals surface area contributed by atoms with Gasteiger partial charge >= 0.3 is 0 Å². The van der Waals surface area contributed by atoms with E-state index < -0.39 is 0 Å². The second-order valence-corrected chi connectivity index (χ2v) is 8.85. The molecule has 0 unspecified atom stereocenters. The van der Waals surface area contributed by atoms with Crippen LogP contribution in [0.1, 0.15) is 15.9 Å². The maximum atomic E-state index is 13.7. The Morgan fingerprint density at radius 1 is 0.771 bits per heavy atom. The molecule has 4 heterocycles. The van der Waals surface area contributed by atoms with Crippen molar-refractivity contribution < 1.29 is 4.79 Å². The first-order valence-electron chi connectivity index (χ1n) is 11.9. The number of aromatic nitrogens is 3. The molecule has 0 N–H and O–H groups in total. The summed E-state index contributed by atoms with van der Waals surface area (Å²) in [6, 6.07) is 25.9. The van der Waals surface area contributed by atoms with Gasteiger partial charge in [-0.2, -0.15) is 0 Å². The molecule has 35 heavy (non-hydrogen) atoms. The summed E-state index contributed by atoms with van der Waals surface area (Å²) in [6.07, 6.45) is 3.60. The molecule has 0 atom stereocenters. The van der Waals surface area contributed by atoms with Crippen LogP contribution in [0, 0.1) is 0 Å². The van der Waals surface area contributed by atoms with Crippen molar-refractivity contribution in [3.63, 3.8) is 0 Å². The maximum Gasteiger partial charge on any atom is 0.254 e. The van der Waals surface area contributed by atoms with E-state index in [4.69, 9.17) is 4.98 Å². The predicted octanol–water partition coefficient (Wildman–Crippen LogP) is 4.80. The zero-order valence-corrected chi connectivity index (χ0v) is 19.3. The van der Waals surface area contributed by atoms with E-state index >= 15 is 0 Å². The molecule has 0 spiro atoms. The zero-order valence-electron chi connectivity index (χ0n) is 19.3. The summed E-state index contributed by atoms with van der Waals surface area (Å²) in [5.41, 5.74) is 5.25. The Balaban J connectivity index is 1.23. The zero-order chi connectivity index (χ0) is 23.6. The van der Waals surface area contributed by atoms with Crippen molar-refractivity contribution in [3.05, 3.63) is 102 Å². The van der Waals surface area contributed by atoms with Crippen LogP contribution in [0.4, 0.5) is 0 Å². The lowest BCUT2D eigenvalue weighted by atomic mass is 10.0. The highest BCUT2D eigenvalue weighted by molar-refractivity contribution is 6.07. The number of hydrogen-bond donors (Lipinski definition) is 0. The third kappa shape index (κ3) is 4.24. The van der Waals surface area contributed by atoms with E-state index in [9.17, 15) is 4.79 Å². The van der Waals surface area contributed by atoms with Crippen LogP contribution < -0.4 is 0 Å². The SMILES string of the molecule is O=C(c1cc(-c2ccccn2)nc2ccccc12)N1CCN(Cc2cccc3cccnc23)CC1. The van der Waals surface area contributed by atoms with Gasteiger partial charge in [0.25, 0.3) is 5.91 Å². The first-order chi connectivity index (χ1) is 17.3. The first kappa shape index (κ1) is 21.4. The summed E-state index contributed by atoms with van der Waals surface area (Å²) in [5.74, 6) is 0.0484. The molecule has 0 aliphatic carbocycles. The van der Waals surface area contributed by atoms with Gasteiger partial charge in [0.2, 0.25) is 0 Å². The van der Waals surface area contributed by atoms with Crippen LogP contribution in [0.25, 0.3) is 33.2 Å². The molecule has 172 valence electrons. The minimum atomic E-state index is 0.0484. The standard InChI is InChI=1S/C29H25N5O/c35-29(24-19-27(26-12-3-4-13-30-26)32-25-11-2-1-10-23(24)25)34-17-15-33(16-18-34)20-22-8-5-7-21-9-6-14-31-28(21)22/h1-14,19H,15-18,20H2. The Labute approximate surface area is 203 Å². The van der Waals surface area contributed by atoms with E-state index in [0.717, 1.165) is 52.8 Å². The van der Waals surface area contributed by atoms with Gasteiger partial charge in [-0.25, -0.2) is 4.98 Å². The Bertz CT molecular complexity index is 1500. The molecule has 1 saturated heterocycles. The third-order valence-corrected chi connectivity index (χ3v) is 6.64. The van der Waals surface area contributed by atoms with Crippen LogP contribution in [0.2, 0.25) is 0 Å². The Hall–Kier alpha value is -4.16. The van der Waals surface area contributed by atoms with Gasteiger partial charge in [-0.3, -0.25) is 19.7 Å². The number of carbonyl (C=O) groups is 1. The number of para-hydroxylation sites is 2. The van der Waals surface area contributed by atoms with Crippen LogP contribution in [0.5, 0.6) is 0 Å². The fourth-order valence-corrected chi connectivity index (χ4v) is 4.81. The number of nitrogens with zero attached hydrogens (tertiary/aromatic N) is 5. The molecule has 6 nitrogen and oxygen atoms in total. The molecule has 5 aromatic rings. The summed E-state index contributed by atoms with van der Waals surface area (Å²) < 4.78 is 0. The van der Waals surface area contributed by atoms with Crippen molar-refractivity contribution in [2.75, 3.05) is 26.2 Å². The first-order valence-corrected chi connectivity index (χ1v) is 11.9. The van der Waals surface area contributed by atoms with E-state index in [-0.39, 0.29) is 5.91 Å². The molecule has 0 radical (unpaired) electrons. The minimum absolute atomic E-state index is 0.0484. The van der Waals surface area contributed by atoms with Gasteiger partial charge in [-0.15, -0.1) is 0 Å². The number of piperazine rings is 1. The predicted molar refractivity (Wildman–Crippen MR) is 138 cm³/mol. The van der Waals surface area contributed by atoms with Gasteiger partial charge in [0.1, 0.15) is 0 Å². The monoisotopic (exact) mass is 459 g/mol. The van der Waals surface area contributed by atoms with Crippen LogP contribution in [-0.4, -0.2) is 56.8 Å². The van der Waals surface area contributed by atoms with Gasteiger partial charge in [-0.1, -0.05) is 48.5 Å². The van der Waals surface area contributed by atoms with Gasteiger partial charge in [0.05, 0.1) is 28.0 Å². The lowest BCUT2D eigenvalue weighted by molar-refractivity contribution is 0.0631. The number of carbonyl (C=O) groups excluding carboxylic acids is 1. The molecule has 2 aromatic carbocycles. The van der Waals surface area contributed by atoms with Crippen molar-refractivity contribution in [1.82, 2.24) is 24.8 Å². The lowest BCUT2D eigenvalue weighted by Crippen LogP contribution is -2.48. The summed E-state index contributed by atoms with van der Waals surface area (Å²) >= 11 is 0. The van der Waals surface area contributed by atoms with Crippen LogP contribution in [0.3, 0.4) is 0 Å². The van der Waals surface area contributed by atoms with E-state index in [1.54, 1.807) is 6.20 Å². The fourth-order valence-electron chi connectivity index (χ4n) is 4.81. The van der Waals surface area contributed by atoms with E-state index in [1.165, 1.54) is 5.56 Å². The number of amides is 1. The molecular weight excluding hydrogens is 434 g/mol. The van der Waals surface area contributed by atoms with Crippen molar-refractivity contribution in [1.29, 1.82) is 0 Å². The smallest absolute Gasteiger partial charge is 0.254 e. The molecule has 1 fully saturated rings. The molecular formula is C29H25N5O. The molecule has 1 aliphatic heterocycles. The number of pyridine rings is 3. The Morgan fingerprint density at radius 3 is 2.43 bits per heavy atom. The maximum absolute atomic E-state index is 13.7. The second-order valence-electron chi connectivity index (χ2n) is 8.85. The largest absolute Gasteiger partial charge is 0.336 e. The number of fused-ring (bicyclic) bond motifs is 2. The van der Waals surface area contributed by atoms with E-state index in [1.807, 2.05) is 65.7 Å². The van der Waals surface area contributed by atoms with Gasteiger partial charge in [-0.05, 0) is 35.9 Å². The lowest BCUT2D eigenvalue weighted by Gasteiger charge is -2.35. The third-order valence-electron chi connectivity index (χ3n) is 6.64. The fraction of sp³-hybridized carbons (Fsp3) is 0.172. The van der Waals surface area contributed by atoms with Crippen molar-refractivity contribution in [2.24, 2.45) is 0 Å². The Morgan fingerprint density at radius 2 is 1.57 bits per heavy atom. The average molecular weight is 460 g/mol. The van der Waals surface area contributed by atoms with E-state index in [0.29, 0.717) is 18.7 Å². The van der Waals surface area contributed by atoms with Crippen molar-refractivity contribution in [2.45, 2.75) is 6.54 Å². The summed E-state index contributed by atoms with van der Waals surface area (Å²) in [5, 5.41) is 2.04. The number of benzene rings is 2. The number of hydrogen-bond acceptors (Lipinski definition) is 5. The topological polar surface area (TPSA) is 62.2 Å². The summed E-state index contributed by atoms with van der Waals surface area (Å²) in [7, 11) is 0. The van der Waals surface area contributed by atoms with Gasteiger partial charge in [0, 0.05) is 55.9 Å². The molecule has 1 aliphatic rings. The normalized spacial score (nSPS) is 14.5. The van der Waals surface area contributed by atoms with Gasteiger partial charge in [0.15, 0.2) is 0 Å². The minimum Gasteiger partial charge on any atom is -0.336 e. The Kier molecular flexibility index (Phi) is 5.64. The van der Waals surface area contributed by atoms with Crippen LogP contribution >= 0.6 is 0 Å². The number of rotatable bonds is 4. The summed E-state index contributed by atoms with van der Waals surface area (Å²) in [4.78, 5) is 31.8. The highest BCUT2D eigenvalue weighted by atomic mass is 16.2. The molecule has 6 rings (SSSR count). The molecule has 3 aromatic heterocycles. The summed E-state index contributed by atoms with van der Waals surface area (Å²) in [6.45, 7) is 3.85. The van der Waals surface area contributed by atoms with Crippen LogP contribution in [-0.2, 0) is 6.54 Å². The molecule has 1 amide bonds. The average Bonchev–Trinajstić information content (AvgIpc) is 2.93. The van der Waals surface area contributed by atoms with Crippen molar-refractivity contribution >= 4 is 27.7 Å². The van der Waals surface area contributed by atoms with Gasteiger partial charge < -0.3 is 4.90 Å². The van der Waals surface area contributed by atoms with Crippen LogP contribution in [0.15, 0.2) is 91.3 Å².